The Bertz CT molecular complexity index is 941. The van der Waals surface area contributed by atoms with Crippen LogP contribution in [-0.4, -0.2) is 44.4 Å². The predicted octanol–water partition coefficient (Wildman–Crippen LogP) is 2.32. The molecule has 156 valence electrons. The van der Waals surface area contributed by atoms with E-state index in [0.717, 1.165) is 6.42 Å². The van der Waals surface area contributed by atoms with Crippen molar-refractivity contribution in [3.8, 4) is 0 Å². The molecule has 1 aliphatic rings. The summed E-state index contributed by atoms with van der Waals surface area (Å²) in [6.07, 6.45) is 2.77. The summed E-state index contributed by atoms with van der Waals surface area (Å²) in [4.78, 5) is 24.0. The van der Waals surface area contributed by atoms with Crippen LogP contribution in [0.3, 0.4) is 0 Å². The number of piperidine rings is 1. The highest BCUT2D eigenvalue weighted by Crippen LogP contribution is 2.26. The van der Waals surface area contributed by atoms with Crippen LogP contribution in [0.25, 0.3) is 0 Å². The van der Waals surface area contributed by atoms with Crippen molar-refractivity contribution in [2.24, 2.45) is 0 Å². The molecule has 2 amide bonds. The largest absolute Gasteiger partial charge is 0.467 e. The molecule has 1 aromatic carbocycles. The Kier molecular flexibility index (Phi) is 6.55. The normalized spacial score (nSPS) is 17.5. The van der Waals surface area contributed by atoms with E-state index in [2.05, 4.69) is 15.4 Å². The van der Waals surface area contributed by atoms with Gasteiger partial charge in [0.05, 0.1) is 24.8 Å². The lowest BCUT2D eigenvalue weighted by Crippen LogP contribution is -2.51. The van der Waals surface area contributed by atoms with E-state index in [0.29, 0.717) is 24.3 Å². The summed E-state index contributed by atoms with van der Waals surface area (Å²) < 4.78 is 37.2. The highest BCUT2D eigenvalue weighted by Gasteiger charge is 2.37. The average molecular weight is 421 g/mol. The van der Waals surface area contributed by atoms with Crippen LogP contribution in [0, 0.1) is 0 Å². The minimum absolute atomic E-state index is 0.0543. The van der Waals surface area contributed by atoms with Crippen molar-refractivity contribution in [2.45, 2.75) is 36.7 Å². The van der Waals surface area contributed by atoms with Crippen molar-refractivity contribution in [3.05, 3.63) is 48.4 Å². The lowest BCUT2D eigenvalue weighted by atomic mass is 10.0. The third kappa shape index (κ3) is 4.96. The molecule has 10 heteroatoms. The summed E-state index contributed by atoms with van der Waals surface area (Å²) in [5, 5.41) is 5.21. The molecular weight excluding hydrogens is 398 g/mol. The van der Waals surface area contributed by atoms with E-state index < -0.39 is 22.2 Å². The Hall–Kier alpha value is -2.85. The molecule has 0 aliphatic carbocycles. The van der Waals surface area contributed by atoms with Gasteiger partial charge in [-0.1, -0.05) is 6.42 Å². The van der Waals surface area contributed by atoms with Gasteiger partial charge in [-0.2, -0.15) is 4.31 Å². The highest BCUT2D eigenvalue weighted by molar-refractivity contribution is 7.89. The van der Waals surface area contributed by atoms with E-state index in [9.17, 15) is 18.0 Å². The first kappa shape index (κ1) is 20.9. The van der Waals surface area contributed by atoms with Gasteiger partial charge in [0, 0.05) is 12.2 Å². The van der Waals surface area contributed by atoms with Crippen LogP contribution in [0.15, 0.2) is 52.0 Å². The Morgan fingerprint density at radius 2 is 1.97 bits per heavy atom. The maximum atomic E-state index is 13.1. The summed E-state index contributed by atoms with van der Waals surface area (Å²) in [5.74, 6) is 0.242. The molecule has 0 saturated carbocycles. The molecule has 1 aliphatic heterocycles. The standard InChI is InChI=1S/C19H23N3O6S/c1-27-19(24)21-14-7-9-16(10-8-14)29(25,26)22-11-3-2-6-17(22)18(23)20-13-15-5-4-12-28-15/h4-5,7-10,12,17H,2-3,6,11,13H2,1H3,(H,20,23)(H,21,24)/t17-/m1/s1. The minimum atomic E-state index is -3.87. The van der Waals surface area contributed by atoms with Crippen molar-refractivity contribution in [1.29, 1.82) is 0 Å². The number of amides is 2. The number of nitrogens with zero attached hydrogens (tertiary/aromatic N) is 1. The molecule has 1 fully saturated rings. The van der Waals surface area contributed by atoms with Crippen molar-refractivity contribution in [3.63, 3.8) is 0 Å². The molecule has 29 heavy (non-hydrogen) atoms. The van der Waals surface area contributed by atoms with Crippen LogP contribution in [0.4, 0.5) is 10.5 Å². The SMILES string of the molecule is COC(=O)Nc1ccc(S(=O)(=O)N2CCCC[C@@H]2C(=O)NCc2ccco2)cc1. The number of ether oxygens (including phenoxy) is 1. The van der Waals surface area contributed by atoms with Gasteiger partial charge >= 0.3 is 6.09 Å². The number of anilines is 1. The number of furan rings is 1. The molecule has 0 unspecified atom stereocenters. The summed E-state index contributed by atoms with van der Waals surface area (Å²) in [7, 11) is -2.64. The van der Waals surface area contributed by atoms with Gasteiger partial charge in [0.1, 0.15) is 11.8 Å². The van der Waals surface area contributed by atoms with Gasteiger partial charge in [0.15, 0.2) is 0 Å². The third-order valence-electron chi connectivity index (χ3n) is 4.67. The van der Waals surface area contributed by atoms with Gasteiger partial charge in [0.25, 0.3) is 0 Å². The third-order valence-corrected chi connectivity index (χ3v) is 6.59. The number of hydrogen-bond donors (Lipinski definition) is 2. The first-order chi connectivity index (χ1) is 13.9. The fraction of sp³-hybridized carbons (Fsp3) is 0.368. The average Bonchev–Trinajstić information content (AvgIpc) is 3.26. The van der Waals surface area contributed by atoms with Crippen molar-refractivity contribution in [2.75, 3.05) is 19.0 Å². The number of carbonyl (C=O) groups is 2. The zero-order valence-corrected chi connectivity index (χ0v) is 16.8. The molecule has 1 saturated heterocycles. The molecule has 2 N–H and O–H groups in total. The van der Waals surface area contributed by atoms with Crippen LogP contribution in [-0.2, 0) is 26.1 Å². The second kappa shape index (κ2) is 9.10. The van der Waals surface area contributed by atoms with Gasteiger partial charge in [-0.25, -0.2) is 13.2 Å². The number of sulfonamides is 1. The second-order valence-electron chi connectivity index (χ2n) is 6.57. The van der Waals surface area contributed by atoms with Crippen LogP contribution in [0.1, 0.15) is 25.0 Å². The van der Waals surface area contributed by atoms with E-state index in [-0.39, 0.29) is 23.9 Å². The fourth-order valence-corrected chi connectivity index (χ4v) is 4.83. The summed E-state index contributed by atoms with van der Waals surface area (Å²) in [5.41, 5.74) is 0.405. The molecule has 0 spiro atoms. The first-order valence-corrected chi connectivity index (χ1v) is 10.6. The van der Waals surface area contributed by atoms with Crippen LogP contribution in [0.2, 0.25) is 0 Å². The second-order valence-corrected chi connectivity index (χ2v) is 8.46. The summed E-state index contributed by atoms with van der Waals surface area (Å²) in [6.45, 7) is 0.466. The maximum Gasteiger partial charge on any atom is 0.411 e. The van der Waals surface area contributed by atoms with Gasteiger partial charge in [-0.3, -0.25) is 10.1 Å². The number of hydrogen-bond acceptors (Lipinski definition) is 6. The van der Waals surface area contributed by atoms with E-state index in [1.165, 1.54) is 41.9 Å². The Balaban J connectivity index is 1.74. The number of benzene rings is 1. The Labute approximate surface area is 169 Å². The van der Waals surface area contributed by atoms with Crippen LogP contribution < -0.4 is 10.6 Å². The lowest BCUT2D eigenvalue weighted by Gasteiger charge is -2.33. The van der Waals surface area contributed by atoms with Crippen molar-refractivity contribution < 1.29 is 27.2 Å². The monoisotopic (exact) mass is 421 g/mol. The number of nitrogens with one attached hydrogen (secondary N) is 2. The molecule has 0 bridgehead atoms. The smallest absolute Gasteiger partial charge is 0.411 e. The topological polar surface area (TPSA) is 118 Å². The van der Waals surface area contributed by atoms with Crippen molar-refractivity contribution in [1.82, 2.24) is 9.62 Å². The van der Waals surface area contributed by atoms with E-state index >= 15 is 0 Å². The van der Waals surface area contributed by atoms with Gasteiger partial charge < -0.3 is 14.5 Å². The van der Waals surface area contributed by atoms with Gasteiger partial charge in [-0.15, -0.1) is 0 Å². The Morgan fingerprint density at radius 3 is 2.62 bits per heavy atom. The number of methoxy groups -OCH3 is 1. The van der Waals surface area contributed by atoms with Gasteiger partial charge in [0.2, 0.25) is 15.9 Å². The molecule has 9 nitrogen and oxygen atoms in total. The number of rotatable bonds is 6. The molecule has 1 atom stereocenters. The minimum Gasteiger partial charge on any atom is -0.467 e. The van der Waals surface area contributed by atoms with E-state index in [4.69, 9.17) is 4.42 Å². The van der Waals surface area contributed by atoms with E-state index in [1.54, 1.807) is 12.1 Å². The first-order valence-electron chi connectivity index (χ1n) is 9.19. The molecule has 3 rings (SSSR count). The number of carbonyl (C=O) groups excluding carboxylic acids is 2. The predicted molar refractivity (Wildman–Crippen MR) is 105 cm³/mol. The molecule has 2 heterocycles. The molecular formula is C19H23N3O6S. The summed E-state index contributed by atoms with van der Waals surface area (Å²) >= 11 is 0. The van der Waals surface area contributed by atoms with Crippen LogP contribution in [0.5, 0.6) is 0 Å². The Morgan fingerprint density at radius 1 is 1.21 bits per heavy atom. The molecule has 2 aromatic rings. The maximum absolute atomic E-state index is 13.1. The highest BCUT2D eigenvalue weighted by atomic mass is 32.2. The quantitative estimate of drug-likeness (QED) is 0.739. The van der Waals surface area contributed by atoms with Crippen molar-refractivity contribution >= 4 is 27.7 Å². The molecule has 1 aromatic heterocycles. The molecule has 0 radical (unpaired) electrons. The van der Waals surface area contributed by atoms with Gasteiger partial charge in [-0.05, 0) is 49.2 Å². The van der Waals surface area contributed by atoms with E-state index in [1.807, 2.05) is 0 Å². The zero-order chi connectivity index (χ0) is 20.9. The lowest BCUT2D eigenvalue weighted by molar-refractivity contribution is -0.125. The zero-order valence-electron chi connectivity index (χ0n) is 16.0. The fourth-order valence-electron chi connectivity index (χ4n) is 3.17. The van der Waals surface area contributed by atoms with Crippen LogP contribution >= 0.6 is 0 Å². The summed E-state index contributed by atoms with van der Waals surface area (Å²) in [6, 6.07) is 8.41.